The van der Waals surface area contributed by atoms with Gasteiger partial charge < -0.3 is 9.73 Å². The first-order chi connectivity index (χ1) is 12.3. The van der Waals surface area contributed by atoms with Crippen molar-refractivity contribution < 1.29 is 4.42 Å². The Hall–Kier alpha value is -2.10. The zero-order valence-electron chi connectivity index (χ0n) is 14.9. The second-order valence-electron chi connectivity index (χ2n) is 6.94. The van der Waals surface area contributed by atoms with Gasteiger partial charge in [-0.3, -0.25) is 4.90 Å². The molecule has 0 amide bonds. The average Bonchev–Trinajstić information content (AvgIpc) is 3.24. The van der Waals surface area contributed by atoms with E-state index >= 15 is 0 Å². The number of rotatable bonds is 6. The van der Waals surface area contributed by atoms with Gasteiger partial charge in [-0.15, -0.1) is 0 Å². The van der Waals surface area contributed by atoms with Crippen LogP contribution in [-0.4, -0.2) is 24.0 Å². The summed E-state index contributed by atoms with van der Waals surface area (Å²) in [7, 11) is 0. The third kappa shape index (κ3) is 3.63. The minimum absolute atomic E-state index is 0.557. The second kappa shape index (κ2) is 7.42. The molecule has 0 aliphatic carbocycles. The Morgan fingerprint density at radius 2 is 1.88 bits per heavy atom. The van der Waals surface area contributed by atoms with E-state index < -0.39 is 0 Å². The maximum absolute atomic E-state index is 6.01. The summed E-state index contributed by atoms with van der Waals surface area (Å²) in [5.74, 6) is 1.12. The third-order valence-electron chi connectivity index (χ3n) is 5.19. The van der Waals surface area contributed by atoms with Crippen LogP contribution in [0.4, 0.5) is 0 Å². The first-order valence-corrected chi connectivity index (χ1v) is 9.32. The van der Waals surface area contributed by atoms with Crippen molar-refractivity contribution in [2.45, 2.75) is 38.9 Å². The Morgan fingerprint density at radius 1 is 1.08 bits per heavy atom. The van der Waals surface area contributed by atoms with Gasteiger partial charge in [0.25, 0.3) is 0 Å². The Labute approximate surface area is 149 Å². The van der Waals surface area contributed by atoms with E-state index in [0.717, 1.165) is 37.4 Å². The van der Waals surface area contributed by atoms with Crippen LogP contribution in [0.25, 0.3) is 11.0 Å². The highest BCUT2D eigenvalue weighted by Crippen LogP contribution is 2.26. The van der Waals surface area contributed by atoms with Crippen LogP contribution in [0.1, 0.15) is 30.2 Å². The summed E-state index contributed by atoms with van der Waals surface area (Å²) in [6.07, 6.45) is 2.15. The molecule has 1 fully saturated rings. The molecule has 25 heavy (non-hydrogen) atoms. The molecule has 1 N–H and O–H groups in total. The normalized spacial score (nSPS) is 18.2. The first-order valence-electron chi connectivity index (χ1n) is 9.32. The molecule has 0 saturated carbocycles. The van der Waals surface area contributed by atoms with Crippen LogP contribution in [0, 0.1) is 0 Å². The predicted molar refractivity (Wildman–Crippen MR) is 103 cm³/mol. The van der Waals surface area contributed by atoms with Crippen LogP contribution in [0.15, 0.2) is 59.0 Å². The number of hydrogen-bond donors (Lipinski definition) is 1. The van der Waals surface area contributed by atoms with E-state index in [1.807, 2.05) is 6.07 Å². The quantitative estimate of drug-likeness (QED) is 0.726. The molecule has 0 bridgehead atoms. The topological polar surface area (TPSA) is 28.4 Å². The maximum Gasteiger partial charge on any atom is 0.134 e. The van der Waals surface area contributed by atoms with Crippen LogP contribution in [-0.2, 0) is 19.5 Å². The highest BCUT2D eigenvalue weighted by atomic mass is 16.3. The van der Waals surface area contributed by atoms with Gasteiger partial charge in [-0.05, 0) is 18.1 Å². The number of fused-ring (bicyclic) bond motifs is 1. The van der Waals surface area contributed by atoms with Crippen LogP contribution in [0.2, 0.25) is 0 Å². The minimum Gasteiger partial charge on any atom is -0.461 e. The average molecular weight is 334 g/mol. The van der Waals surface area contributed by atoms with Gasteiger partial charge in [0.15, 0.2) is 0 Å². The molecule has 0 spiro atoms. The van der Waals surface area contributed by atoms with Crippen molar-refractivity contribution in [2.24, 2.45) is 0 Å². The molecule has 2 aromatic carbocycles. The summed E-state index contributed by atoms with van der Waals surface area (Å²) in [6.45, 7) is 6.39. The van der Waals surface area contributed by atoms with E-state index in [0.29, 0.717) is 6.04 Å². The number of likely N-dealkylation sites (tertiary alicyclic amines) is 1. The number of furan rings is 1. The summed E-state index contributed by atoms with van der Waals surface area (Å²) >= 11 is 0. The fourth-order valence-electron chi connectivity index (χ4n) is 3.86. The van der Waals surface area contributed by atoms with E-state index in [2.05, 4.69) is 65.7 Å². The van der Waals surface area contributed by atoms with Crippen LogP contribution >= 0.6 is 0 Å². The summed E-state index contributed by atoms with van der Waals surface area (Å²) < 4.78 is 6.01. The molecule has 2 heterocycles. The zero-order chi connectivity index (χ0) is 17.1. The molecular weight excluding hydrogens is 308 g/mol. The first kappa shape index (κ1) is 16.4. The van der Waals surface area contributed by atoms with Crippen molar-refractivity contribution in [3.8, 4) is 0 Å². The molecule has 1 aromatic heterocycles. The van der Waals surface area contributed by atoms with Gasteiger partial charge in [0.2, 0.25) is 0 Å². The number of nitrogens with one attached hydrogen (secondary N) is 1. The monoisotopic (exact) mass is 334 g/mol. The highest BCUT2D eigenvalue weighted by molar-refractivity contribution is 5.82. The highest BCUT2D eigenvalue weighted by Gasteiger charge is 2.23. The number of aryl methyl sites for hydroxylation is 1. The van der Waals surface area contributed by atoms with Crippen molar-refractivity contribution in [1.29, 1.82) is 0 Å². The smallest absolute Gasteiger partial charge is 0.134 e. The van der Waals surface area contributed by atoms with Crippen molar-refractivity contribution in [1.82, 2.24) is 10.2 Å². The molecule has 3 nitrogen and oxygen atoms in total. The molecule has 4 rings (SSSR count). The SMILES string of the molecule is CCc1oc2ccccc2c1CNC1CCN(Cc2ccccc2)C1. The van der Waals surface area contributed by atoms with Crippen LogP contribution in [0.3, 0.4) is 0 Å². The fourth-order valence-corrected chi connectivity index (χ4v) is 3.86. The van der Waals surface area contributed by atoms with Gasteiger partial charge in [-0.25, -0.2) is 0 Å². The Kier molecular flexibility index (Phi) is 4.86. The van der Waals surface area contributed by atoms with Gasteiger partial charge in [-0.1, -0.05) is 55.5 Å². The Balaban J connectivity index is 1.38. The van der Waals surface area contributed by atoms with Crippen molar-refractivity contribution in [3.05, 3.63) is 71.5 Å². The molecule has 1 atom stereocenters. The molecule has 1 aliphatic rings. The van der Waals surface area contributed by atoms with E-state index in [1.54, 1.807) is 0 Å². The molecule has 1 unspecified atom stereocenters. The van der Waals surface area contributed by atoms with Gasteiger partial charge in [0, 0.05) is 49.6 Å². The fraction of sp³-hybridized carbons (Fsp3) is 0.364. The second-order valence-corrected chi connectivity index (χ2v) is 6.94. The van der Waals surface area contributed by atoms with Crippen molar-refractivity contribution in [3.63, 3.8) is 0 Å². The van der Waals surface area contributed by atoms with Crippen LogP contribution < -0.4 is 5.32 Å². The molecule has 1 aliphatic heterocycles. The lowest BCUT2D eigenvalue weighted by atomic mass is 10.1. The summed E-state index contributed by atoms with van der Waals surface area (Å²) in [6, 6.07) is 19.7. The van der Waals surface area contributed by atoms with E-state index in [4.69, 9.17) is 4.42 Å². The summed E-state index contributed by atoms with van der Waals surface area (Å²) in [5.41, 5.74) is 3.74. The number of para-hydroxylation sites is 1. The maximum atomic E-state index is 6.01. The van der Waals surface area contributed by atoms with Gasteiger partial charge in [-0.2, -0.15) is 0 Å². The standard InChI is InChI=1S/C22H26N2O/c1-2-21-20(19-10-6-7-11-22(19)25-21)14-23-18-12-13-24(16-18)15-17-8-4-3-5-9-17/h3-11,18,23H,2,12-16H2,1H3. The number of nitrogens with zero attached hydrogens (tertiary/aromatic N) is 1. The van der Waals surface area contributed by atoms with E-state index in [-0.39, 0.29) is 0 Å². The Bertz CT molecular complexity index is 824. The number of hydrogen-bond acceptors (Lipinski definition) is 3. The van der Waals surface area contributed by atoms with Crippen molar-refractivity contribution in [2.75, 3.05) is 13.1 Å². The largest absolute Gasteiger partial charge is 0.461 e. The van der Waals surface area contributed by atoms with Crippen LogP contribution in [0.5, 0.6) is 0 Å². The lowest BCUT2D eigenvalue weighted by Gasteiger charge is -2.17. The van der Waals surface area contributed by atoms with Crippen molar-refractivity contribution >= 4 is 11.0 Å². The van der Waals surface area contributed by atoms with Gasteiger partial charge >= 0.3 is 0 Å². The summed E-state index contributed by atoms with van der Waals surface area (Å²) in [4.78, 5) is 2.54. The van der Waals surface area contributed by atoms with Gasteiger partial charge in [0.1, 0.15) is 11.3 Å². The van der Waals surface area contributed by atoms with E-state index in [9.17, 15) is 0 Å². The lowest BCUT2D eigenvalue weighted by molar-refractivity contribution is 0.320. The molecule has 3 heteroatoms. The molecular formula is C22H26N2O. The summed E-state index contributed by atoms with van der Waals surface area (Å²) in [5, 5.41) is 5.02. The molecule has 0 radical (unpaired) electrons. The zero-order valence-corrected chi connectivity index (χ0v) is 14.9. The molecule has 3 aromatic rings. The predicted octanol–water partition coefficient (Wildman–Crippen LogP) is 4.36. The van der Waals surface area contributed by atoms with Gasteiger partial charge in [0.05, 0.1) is 0 Å². The Morgan fingerprint density at radius 3 is 2.72 bits per heavy atom. The lowest BCUT2D eigenvalue weighted by Crippen LogP contribution is -2.32. The van der Waals surface area contributed by atoms with E-state index in [1.165, 1.54) is 29.5 Å². The minimum atomic E-state index is 0.557. The number of benzene rings is 2. The third-order valence-corrected chi connectivity index (χ3v) is 5.19. The molecule has 130 valence electrons. The molecule has 1 saturated heterocycles.